The highest BCUT2D eigenvalue weighted by molar-refractivity contribution is 7.91. The van der Waals surface area contributed by atoms with Gasteiger partial charge in [0.05, 0.1) is 6.04 Å². The van der Waals surface area contributed by atoms with E-state index in [-0.39, 0.29) is 6.04 Å². The van der Waals surface area contributed by atoms with Crippen LogP contribution in [0.3, 0.4) is 0 Å². The van der Waals surface area contributed by atoms with Gasteiger partial charge >= 0.3 is 0 Å². The van der Waals surface area contributed by atoms with E-state index in [1.807, 2.05) is 30.5 Å². The van der Waals surface area contributed by atoms with E-state index in [4.69, 9.17) is 11.6 Å². The summed E-state index contributed by atoms with van der Waals surface area (Å²) in [4.78, 5) is 0. The van der Waals surface area contributed by atoms with Gasteiger partial charge in [-0.1, -0.05) is 29.8 Å². The van der Waals surface area contributed by atoms with Crippen molar-refractivity contribution < 1.29 is 8.42 Å². The van der Waals surface area contributed by atoms with Crippen molar-refractivity contribution in [3.8, 4) is 0 Å². The Hall–Kier alpha value is -1.60. The smallest absolute Gasteiger partial charge is 0.253 e. The molecule has 1 aromatic carbocycles. The van der Waals surface area contributed by atoms with Crippen molar-refractivity contribution in [2.24, 2.45) is 0 Å². The average molecular weight is 379 g/mol. The quantitative estimate of drug-likeness (QED) is 0.691. The molecule has 3 aromatic rings. The molecule has 4 nitrogen and oxygen atoms in total. The zero-order valence-electron chi connectivity index (χ0n) is 12.7. The van der Waals surface area contributed by atoms with Gasteiger partial charge in [0.2, 0.25) is 0 Å². The molecule has 2 aromatic heterocycles. The second-order valence-electron chi connectivity index (χ2n) is 5.63. The fraction of sp³-hybridized carbons (Fsp3) is 0.176. The van der Waals surface area contributed by atoms with Crippen molar-refractivity contribution in [1.82, 2.24) is 8.87 Å². The van der Waals surface area contributed by atoms with Crippen molar-refractivity contribution in [2.45, 2.75) is 16.8 Å². The Labute approximate surface area is 150 Å². The molecule has 0 amide bonds. The molecule has 0 saturated heterocycles. The van der Waals surface area contributed by atoms with Gasteiger partial charge in [0.1, 0.15) is 4.21 Å². The van der Waals surface area contributed by atoms with Crippen LogP contribution in [0, 0.1) is 0 Å². The van der Waals surface area contributed by atoms with Gasteiger partial charge in [-0.15, -0.1) is 11.3 Å². The van der Waals surface area contributed by atoms with E-state index >= 15 is 0 Å². The summed E-state index contributed by atoms with van der Waals surface area (Å²) >= 11 is 7.25. The van der Waals surface area contributed by atoms with Gasteiger partial charge in [-0.2, -0.15) is 4.31 Å². The van der Waals surface area contributed by atoms with Crippen LogP contribution in [-0.2, 0) is 16.6 Å². The molecule has 0 spiro atoms. The van der Waals surface area contributed by atoms with Crippen LogP contribution in [-0.4, -0.2) is 23.8 Å². The Kier molecular flexibility index (Phi) is 4.00. The summed E-state index contributed by atoms with van der Waals surface area (Å²) in [6.07, 6.45) is 1.99. The third-order valence-electron chi connectivity index (χ3n) is 4.24. The Morgan fingerprint density at radius 1 is 1.04 bits per heavy atom. The van der Waals surface area contributed by atoms with Crippen LogP contribution in [0.15, 0.2) is 64.3 Å². The molecule has 0 saturated carbocycles. The lowest BCUT2D eigenvalue weighted by Gasteiger charge is -2.36. The number of hydrogen-bond donors (Lipinski definition) is 0. The van der Waals surface area contributed by atoms with Crippen LogP contribution >= 0.6 is 22.9 Å². The van der Waals surface area contributed by atoms with Crippen molar-refractivity contribution in [3.63, 3.8) is 0 Å². The Bertz CT molecular complexity index is 947. The Balaban J connectivity index is 1.86. The fourth-order valence-electron chi connectivity index (χ4n) is 3.13. The van der Waals surface area contributed by atoms with Crippen LogP contribution in [0.1, 0.15) is 17.3 Å². The predicted octanol–water partition coefficient (Wildman–Crippen LogP) is 4.00. The first-order chi connectivity index (χ1) is 11.6. The van der Waals surface area contributed by atoms with Crippen molar-refractivity contribution >= 4 is 33.0 Å². The monoisotopic (exact) mass is 378 g/mol. The Morgan fingerprint density at radius 3 is 2.54 bits per heavy atom. The first-order valence-electron chi connectivity index (χ1n) is 7.53. The van der Waals surface area contributed by atoms with Gasteiger partial charge in [0.25, 0.3) is 10.0 Å². The van der Waals surface area contributed by atoms with Crippen LogP contribution in [0.5, 0.6) is 0 Å². The number of nitrogens with zero attached hydrogens (tertiary/aromatic N) is 2. The number of sulfonamides is 1. The summed E-state index contributed by atoms with van der Waals surface area (Å²) in [5.41, 5.74) is 1.89. The van der Waals surface area contributed by atoms with Gasteiger partial charge in [-0.3, -0.25) is 0 Å². The molecule has 0 radical (unpaired) electrons. The first kappa shape index (κ1) is 15.9. The van der Waals surface area contributed by atoms with Crippen molar-refractivity contribution in [1.29, 1.82) is 0 Å². The lowest BCUT2D eigenvalue weighted by atomic mass is 10.0. The number of hydrogen-bond acceptors (Lipinski definition) is 3. The SMILES string of the molecule is O=S(=O)(c1cccs1)N1CCn2cccc2C1c1ccc(Cl)cc1. The van der Waals surface area contributed by atoms with Crippen LogP contribution in [0.4, 0.5) is 0 Å². The molecule has 0 aliphatic carbocycles. The predicted molar refractivity (Wildman–Crippen MR) is 95.9 cm³/mol. The minimum Gasteiger partial charge on any atom is -0.348 e. The topological polar surface area (TPSA) is 42.3 Å². The number of thiophene rings is 1. The number of benzene rings is 1. The molecule has 0 bridgehead atoms. The van der Waals surface area contributed by atoms with Gasteiger partial charge < -0.3 is 4.57 Å². The summed E-state index contributed by atoms with van der Waals surface area (Å²) in [5.74, 6) is 0. The van der Waals surface area contributed by atoms with Crippen molar-refractivity contribution in [2.75, 3.05) is 6.54 Å². The summed E-state index contributed by atoms with van der Waals surface area (Å²) in [7, 11) is -3.54. The van der Waals surface area contributed by atoms with E-state index in [2.05, 4.69) is 4.57 Å². The van der Waals surface area contributed by atoms with E-state index in [0.717, 1.165) is 11.3 Å². The molecule has 0 N–H and O–H groups in total. The normalized spacial score (nSPS) is 18.5. The summed E-state index contributed by atoms with van der Waals surface area (Å²) in [6.45, 7) is 1.09. The lowest BCUT2D eigenvalue weighted by molar-refractivity contribution is 0.299. The van der Waals surface area contributed by atoms with E-state index in [0.29, 0.717) is 22.3 Å². The molecule has 3 heterocycles. The van der Waals surface area contributed by atoms with Gasteiger partial charge in [-0.25, -0.2) is 8.42 Å². The minimum atomic E-state index is -3.54. The summed E-state index contributed by atoms with van der Waals surface area (Å²) < 4.78 is 30.3. The molecule has 0 fully saturated rings. The van der Waals surface area contributed by atoms with E-state index in [1.165, 1.54) is 11.3 Å². The number of aromatic nitrogens is 1. The molecular weight excluding hydrogens is 364 g/mol. The highest BCUT2D eigenvalue weighted by Crippen LogP contribution is 2.37. The third-order valence-corrected chi connectivity index (χ3v) is 7.73. The number of rotatable bonds is 3. The second kappa shape index (κ2) is 6.04. The highest BCUT2D eigenvalue weighted by atomic mass is 35.5. The molecule has 24 heavy (non-hydrogen) atoms. The summed E-state index contributed by atoms with van der Waals surface area (Å²) in [6, 6.07) is 14.4. The zero-order valence-corrected chi connectivity index (χ0v) is 15.1. The lowest BCUT2D eigenvalue weighted by Crippen LogP contribution is -2.42. The Morgan fingerprint density at radius 2 is 1.83 bits per heavy atom. The standard InChI is InChI=1S/C17H15ClN2O2S2/c18-14-7-5-13(6-8-14)17-15-3-1-9-19(15)10-11-20(17)24(21,22)16-4-2-12-23-16/h1-9,12,17H,10-11H2. The average Bonchev–Trinajstić information content (AvgIpc) is 3.26. The van der Waals surface area contributed by atoms with Gasteiger partial charge in [-0.05, 0) is 41.3 Å². The molecule has 1 atom stereocenters. The molecule has 1 aliphatic heterocycles. The maximum absolute atomic E-state index is 13.1. The highest BCUT2D eigenvalue weighted by Gasteiger charge is 2.37. The zero-order chi connectivity index (χ0) is 16.7. The maximum Gasteiger partial charge on any atom is 0.253 e. The third kappa shape index (κ3) is 2.59. The molecule has 1 unspecified atom stereocenters. The van der Waals surface area contributed by atoms with Crippen LogP contribution < -0.4 is 0 Å². The largest absolute Gasteiger partial charge is 0.348 e. The molecule has 4 rings (SSSR count). The first-order valence-corrected chi connectivity index (χ1v) is 10.2. The fourth-order valence-corrected chi connectivity index (χ4v) is 5.95. The maximum atomic E-state index is 13.1. The summed E-state index contributed by atoms with van der Waals surface area (Å²) in [5, 5.41) is 2.43. The van der Waals surface area contributed by atoms with Gasteiger partial charge in [0.15, 0.2) is 0 Å². The molecule has 7 heteroatoms. The minimum absolute atomic E-state index is 0.349. The van der Waals surface area contributed by atoms with Crippen molar-refractivity contribution in [3.05, 3.63) is 76.4 Å². The van der Waals surface area contributed by atoms with E-state index in [1.54, 1.807) is 34.0 Å². The molecule has 1 aliphatic rings. The van der Waals surface area contributed by atoms with E-state index < -0.39 is 10.0 Å². The van der Waals surface area contributed by atoms with Crippen LogP contribution in [0.2, 0.25) is 5.02 Å². The van der Waals surface area contributed by atoms with Crippen LogP contribution in [0.25, 0.3) is 0 Å². The second-order valence-corrected chi connectivity index (χ2v) is 9.13. The molecular formula is C17H15ClN2O2S2. The molecule has 124 valence electrons. The van der Waals surface area contributed by atoms with E-state index in [9.17, 15) is 8.42 Å². The number of halogens is 1. The van der Waals surface area contributed by atoms with Gasteiger partial charge in [0, 0.05) is 30.0 Å². The number of fused-ring (bicyclic) bond motifs is 1.